The summed E-state index contributed by atoms with van der Waals surface area (Å²) in [6, 6.07) is 3.08. The number of rotatable bonds is 7. The summed E-state index contributed by atoms with van der Waals surface area (Å²) in [5.74, 6) is 0. The summed E-state index contributed by atoms with van der Waals surface area (Å²) >= 11 is 0. The highest BCUT2D eigenvalue weighted by atomic mass is 32.2. The molecule has 1 aliphatic rings. The second-order valence-corrected chi connectivity index (χ2v) is 6.69. The minimum Gasteiger partial charge on any atom is -0.465 e. The van der Waals surface area contributed by atoms with E-state index in [1.807, 2.05) is 0 Å². The minimum absolute atomic E-state index is 0.0255. The highest BCUT2D eigenvalue weighted by Crippen LogP contribution is 2.30. The molecule has 1 aromatic heterocycles. The quantitative estimate of drug-likeness (QED) is 0.689. The molecular formula is C12H17N3O5S. The molecule has 8 nitrogen and oxygen atoms in total. The highest BCUT2D eigenvalue weighted by Gasteiger charge is 2.35. The zero-order valence-electron chi connectivity index (χ0n) is 11.4. The van der Waals surface area contributed by atoms with Crippen molar-refractivity contribution in [2.24, 2.45) is 0 Å². The smallest absolute Gasteiger partial charge is 0.404 e. The Bertz CT molecular complexity index is 615. The number of hydrogen-bond donors (Lipinski definition) is 3. The van der Waals surface area contributed by atoms with Crippen molar-refractivity contribution in [1.29, 1.82) is 0 Å². The number of hydrogen-bond acceptors (Lipinski definition) is 5. The molecule has 116 valence electrons. The van der Waals surface area contributed by atoms with Gasteiger partial charge in [0, 0.05) is 13.3 Å². The lowest BCUT2D eigenvalue weighted by Crippen LogP contribution is -2.28. The molecule has 1 aromatic rings. The summed E-state index contributed by atoms with van der Waals surface area (Å²) in [4.78, 5) is 14.6. The van der Waals surface area contributed by atoms with Gasteiger partial charge in [-0.15, -0.1) is 0 Å². The van der Waals surface area contributed by atoms with Gasteiger partial charge in [0.25, 0.3) is 0 Å². The van der Waals surface area contributed by atoms with Crippen LogP contribution in [0.2, 0.25) is 0 Å². The number of carboxylic acid groups (broad SMARTS) is 1. The zero-order valence-corrected chi connectivity index (χ0v) is 12.3. The predicted molar refractivity (Wildman–Crippen MR) is 75.6 cm³/mol. The molecule has 0 aromatic carbocycles. The van der Waals surface area contributed by atoms with Gasteiger partial charge in [-0.1, -0.05) is 0 Å². The maximum Gasteiger partial charge on any atom is 0.404 e. The van der Waals surface area contributed by atoms with Gasteiger partial charge in [-0.3, -0.25) is 9.71 Å². The average Bonchev–Trinajstić information content (AvgIpc) is 3.23. The number of nitrogens with one attached hydrogen (secondary N) is 2. The molecule has 1 aliphatic carbocycles. The molecular weight excluding hydrogens is 298 g/mol. The minimum atomic E-state index is -3.34. The van der Waals surface area contributed by atoms with Crippen LogP contribution in [0, 0.1) is 0 Å². The molecule has 3 N–H and O–H groups in total. The van der Waals surface area contributed by atoms with Gasteiger partial charge in [-0.2, -0.15) is 0 Å². The molecule has 1 saturated carbocycles. The van der Waals surface area contributed by atoms with Crippen LogP contribution < -0.4 is 10.0 Å². The Morgan fingerprint density at radius 2 is 2.29 bits per heavy atom. The fourth-order valence-corrected chi connectivity index (χ4v) is 3.18. The Kier molecular flexibility index (Phi) is 4.63. The molecule has 2 rings (SSSR count). The molecule has 0 spiro atoms. The summed E-state index contributed by atoms with van der Waals surface area (Å²) in [7, 11) is -1.92. The number of sulfonamides is 1. The monoisotopic (exact) mass is 315 g/mol. The van der Waals surface area contributed by atoms with Crippen molar-refractivity contribution >= 4 is 21.8 Å². The topological polar surface area (TPSA) is 118 Å². The first kappa shape index (κ1) is 15.5. The maximum atomic E-state index is 11.9. The Morgan fingerprint density at radius 1 is 1.57 bits per heavy atom. The van der Waals surface area contributed by atoms with Crippen LogP contribution in [0.1, 0.15) is 24.6 Å². The van der Waals surface area contributed by atoms with Crippen LogP contribution in [0.4, 0.5) is 10.5 Å². The Morgan fingerprint density at radius 3 is 2.86 bits per heavy atom. The van der Waals surface area contributed by atoms with Gasteiger partial charge in [-0.05, 0) is 25.0 Å². The molecule has 21 heavy (non-hydrogen) atoms. The molecule has 0 saturated heterocycles. The van der Waals surface area contributed by atoms with Crippen molar-refractivity contribution < 1.29 is 23.1 Å². The number of aromatic nitrogens is 1. The van der Waals surface area contributed by atoms with Crippen molar-refractivity contribution in [2.45, 2.75) is 24.2 Å². The lowest BCUT2D eigenvalue weighted by molar-refractivity contribution is 0.0971. The van der Waals surface area contributed by atoms with Crippen LogP contribution in [0.25, 0.3) is 0 Å². The van der Waals surface area contributed by atoms with E-state index < -0.39 is 22.2 Å². The third-order valence-corrected chi connectivity index (χ3v) is 4.93. The van der Waals surface area contributed by atoms with Crippen LogP contribution in [0.3, 0.4) is 0 Å². The van der Waals surface area contributed by atoms with Gasteiger partial charge in [0.15, 0.2) is 0 Å². The normalized spacial score (nSPS) is 16.2. The number of carbonyl (C=O) groups is 1. The van der Waals surface area contributed by atoms with Gasteiger partial charge in [0.2, 0.25) is 10.0 Å². The largest absolute Gasteiger partial charge is 0.465 e. The highest BCUT2D eigenvalue weighted by molar-refractivity contribution is 7.93. The first-order valence-electron chi connectivity index (χ1n) is 6.39. The number of ether oxygens (including phenoxy) is 1. The fraction of sp³-hybridized carbons (Fsp3) is 0.500. The summed E-state index contributed by atoms with van der Waals surface area (Å²) < 4.78 is 31.4. The number of amides is 1. The average molecular weight is 315 g/mol. The van der Waals surface area contributed by atoms with Gasteiger partial charge >= 0.3 is 6.09 Å². The Balaban J connectivity index is 2.10. The van der Waals surface area contributed by atoms with Gasteiger partial charge in [-0.25, -0.2) is 13.2 Å². The van der Waals surface area contributed by atoms with Crippen LogP contribution in [-0.4, -0.2) is 43.5 Å². The molecule has 1 amide bonds. The van der Waals surface area contributed by atoms with E-state index in [9.17, 15) is 13.2 Å². The Hall–Kier alpha value is -1.87. The third kappa shape index (κ3) is 4.30. The van der Waals surface area contributed by atoms with E-state index >= 15 is 0 Å². The summed E-state index contributed by atoms with van der Waals surface area (Å²) in [6.07, 6.45) is 1.05. The van der Waals surface area contributed by atoms with E-state index in [-0.39, 0.29) is 11.8 Å². The van der Waals surface area contributed by atoms with E-state index in [0.29, 0.717) is 24.2 Å². The lowest BCUT2D eigenvalue weighted by Gasteiger charge is -2.15. The number of anilines is 1. The number of methoxy groups -OCH3 is 1. The van der Waals surface area contributed by atoms with Crippen molar-refractivity contribution in [3.05, 3.63) is 24.0 Å². The number of nitrogens with zero attached hydrogens (tertiary/aromatic N) is 1. The zero-order chi connectivity index (χ0) is 15.5. The molecule has 1 atom stereocenters. The van der Waals surface area contributed by atoms with Crippen LogP contribution >= 0.6 is 0 Å². The number of pyridine rings is 1. The van der Waals surface area contributed by atoms with Crippen molar-refractivity contribution in [3.63, 3.8) is 0 Å². The van der Waals surface area contributed by atoms with Gasteiger partial charge in [0.1, 0.15) is 6.10 Å². The molecule has 0 radical (unpaired) electrons. The van der Waals surface area contributed by atoms with Crippen molar-refractivity contribution in [2.75, 3.05) is 18.4 Å². The van der Waals surface area contributed by atoms with Crippen molar-refractivity contribution in [1.82, 2.24) is 10.3 Å². The first-order chi connectivity index (χ1) is 9.92. The van der Waals surface area contributed by atoms with E-state index in [4.69, 9.17) is 9.84 Å². The molecule has 0 aliphatic heterocycles. The lowest BCUT2D eigenvalue weighted by atomic mass is 10.2. The van der Waals surface area contributed by atoms with E-state index in [1.165, 1.54) is 19.4 Å². The fourth-order valence-electron chi connectivity index (χ4n) is 1.80. The summed E-state index contributed by atoms with van der Waals surface area (Å²) in [6.45, 7) is 0.0255. The summed E-state index contributed by atoms with van der Waals surface area (Å²) in [5, 5.41) is 10.5. The van der Waals surface area contributed by atoms with Gasteiger partial charge < -0.3 is 15.2 Å². The van der Waals surface area contributed by atoms with Crippen molar-refractivity contribution in [3.8, 4) is 0 Å². The molecule has 0 bridgehead atoms. The van der Waals surface area contributed by atoms with E-state index in [0.717, 1.165) is 0 Å². The molecule has 0 unspecified atom stereocenters. The first-order valence-corrected chi connectivity index (χ1v) is 7.94. The molecule has 1 heterocycles. The third-order valence-electron chi connectivity index (χ3n) is 3.06. The second-order valence-electron chi connectivity index (χ2n) is 4.73. The van der Waals surface area contributed by atoms with Crippen LogP contribution in [-0.2, 0) is 14.8 Å². The maximum absolute atomic E-state index is 11.9. The van der Waals surface area contributed by atoms with E-state index in [1.54, 1.807) is 6.07 Å². The summed E-state index contributed by atoms with van der Waals surface area (Å²) in [5.41, 5.74) is 0.839. The Labute approximate surface area is 122 Å². The van der Waals surface area contributed by atoms with E-state index in [2.05, 4.69) is 15.0 Å². The predicted octanol–water partition coefficient (Wildman–Crippen LogP) is 0.941. The second kappa shape index (κ2) is 6.27. The van der Waals surface area contributed by atoms with Crippen LogP contribution in [0.15, 0.2) is 18.3 Å². The standard InChI is InChI=1S/C12H17N3O5S/c1-20-11(7-14-12(16)17)10-6-8(4-5-13-10)15-21(18,19)9-2-3-9/h4-6,9,11,14H,2-3,7H2,1H3,(H,13,15)(H,16,17)/t11-/m0/s1. The SMILES string of the molecule is CO[C@@H](CNC(=O)O)c1cc(NS(=O)(=O)C2CC2)ccn1. The van der Waals surface area contributed by atoms with Crippen LogP contribution in [0.5, 0.6) is 0 Å². The molecule has 1 fully saturated rings. The molecule has 9 heteroatoms. The van der Waals surface area contributed by atoms with Gasteiger partial charge in [0.05, 0.1) is 23.2 Å².